The van der Waals surface area contributed by atoms with Crippen LogP contribution in [-0.4, -0.2) is 16.4 Å². The molecule has 0 atom stereocenters. The molecule has 1 amide bonds. The van der Waals surface area contributed by atoms with Gasteiger partial charge in [0.25, 0.3) is 0 Å². The van der Waals surface area contributed by atoms with Gasteiger partial charge in [-0.05, 0) is 37.1 Å². The highest BCUT2D eigenvalue weighted by molar-refractivity contribution is 5.45. The van der Waals surface area contributed by atoms with E-state index in [1.807, 2.05) is 44.3 Å². The molecule has 5 heteroatoms. The summed E-state index contributed by atoms with van der Waals surface area (Å²) in [5.74, 6) is 0. The van der Waals surface area contributed by atoms with Gasteiger partial charge in [0.2, 0.25) is 6.41 Å². The molecule has 0 fully saturated rings. The third-order valence-corrected chi connectivity index (χ3v) is 2.52. The van der Waals surface area contributed by atoms with Crippen LogP contribution in [0.5, 0.6) is 0 Å². The van der Waals surface area contributed by atoms with Gasteiger partial charge >= 0.3 is 0 Å². The van der Waals surface area contributed by atoms with Crippen LogP contribution in [0.15, 0.2) is 36.7 Å². The highest BCUT2D eigenvalue weighted by Gasteiger charge is 1.90. The summed E-state index contributed by atoms with van der Waals surface area (Å²) >= 11 is 0. The first-order valence-corrected chi connectivity index (χ1v) is 6.36. The molecule has 0 spiro atoms. The number of nitrogens with two attached hydrogens (primary N) is 1. The van der Waals surface area contributed by atoms with E-state index in [0.717, 1.165) is 17.0 Å². The summed E-state index contributed by atoms with van der Waals surface area (Å²) in [6.07, 6.45) is 4.27. The number of nitrogens with one attached hydrogen (secondary N) is 1. The maximum Gasteiger partial charge on any atom is 0.207 e. The molecule has 0 aliphatic rings. The Kier molecular flexibility index (Phi) is 6.92. The van der Waals surface area contributed by atoms with Crippen LogP contribution in [-0.2, 0) is 17.9 Å². The van der Waals surface area contributed by atoms with Gasteiger partial charge in [-0.15, -0.1) is 0 Å². The summed E-state index contributed by atoms with van der Waals surface area (Å²) in [6, 6.07) is 7.81. The largest absolute Gasteiger partial charge is 0.353 e. The van der Waals surface area contributed by atoms with E-state index in [0.29, 0.717) is 19.5 Å². The lowest BCUT2D eigenvalue weighted by Gasteiger charge is -1.97. The third-order valence-electron chi connectivity index (χ3n) is 2.52. The van der Waals surface area contributed by atoms with Crippen molar-refractivity contribution < 1.29 is 4.79 Å². The molecule has 5 nitrogen and oxygen atoms in total. The molecule has 0 bridgehead atoms. The molecule has 106 valence electrons. The molecular formula is C15H20N4O. The number of nitrogens with zero attached hydrogens (tertiary/aromatic N) is 2. The molecule has 0 saturated heterocycles. The summed E-state index contributed by atoms with van der Waals surface area (Å²) in [6.45, 7) is 5.02. The second-order valence-electron chi connectivity index (χ2n) is 4.36. The van der Waals surface area contributed by atoms with Gasteiger partial charge in [0, 0.05) is 18.9 Å². The van der Waals surface area contributed by atoms with Gasteiger partial charge in [-0.2, -0.15) is 0 Å². The lowest BCUT2D eigenvalue weighted by molar-refractivity contribution is -0.109. The minimum absolute atomic E-state index is 0.504. The van der Waals surface area contributed by atoms with Crippen molar-refractivity contribution in [3.05, 3.63) is 59.2 Å². The summed E-state index contributed by atoms with van der Waals surface area (Å²) in [7, 11) is 0. The van der Waals surface area contributed by atoms with Gasteiger partial charge in [-0.1, -0.05) is 12.1 Å². The van der Waals surface area contributed by atoms with Crippen molar-refractivity contribution in [3.8, 4) is 0 Å². The van der Waals surface area contributed by atoms with Crippen molar-refractivity contribution in [2.24, 2.45) is 5.73 Å². The number of pyridine rings is 2. The second kappa shape index (κ2) is 8.77. The van der Waals surface area contributed by atoms with Crippen LogP contribution in [0.25, 0.3) is 0 Å². The molecular weight excluding hydrogens is 252 g/mol. The van der Waals surface area contributed by atoms with Crippen LogP contribution in [0.4, 0.5) is 0 Å². The van der Waals surface area contributed by atoms with Crippen LogP contribution in [0.2, 0.25) is 0 Å². The van der Waals surface area contributed by atoms with Crippen LogP contribution in [0, 0.1) is 13.8 Å². The maximum atomic E-state index is 9.91. The van der Waals surface area contributed by atoms with Gasteiger partial charge in [0.15, 0.2) is 0 Å². The number of aryl methyl sites for hydroxylation is 2. The van der Waals surface area contributed by atoms with E-state index >= 15 is 0 Å². The average Bonchev–Trinajstić information content (AvgIpc) is 2.48. The normalized spacial score (nSPS) is 9.35. The molecule has 0 aliphatic heterocycles. The van der Waals surface area contributed by atoms with Crippen LogP contribution >= 0.6 is 0 Å². The molecule has 0 aliphatic carbocycles. The van der Waals surface area contributed by atoms with Crippen LogP contribution in [0.1, 0.15) is 22.5 Å². The highest BCUT2D eigenvalue weighted by atomic mass is 16.1. The van der Waals surface area contributed by atoms with Crippen molar-refractivity contribution in [2.75, 3.05) is 0 Å². The van der Waals surface area contributed by atoms with Crippen molar-refractivity contribution in [1.29, 1.82) is 0 Å². The van der Waals surface area contributed by atoms with Gasteiger partial charge < -0.3 is 11.1 Å². The Hall–Kier alpha value is -2.27. The Morgan fingerprint density at radius 1 is 1.05 bits per heavy atom. The van der Waals surface area contributed by atoms with E-state index in [-0.39, 0.29) is 0 Å². The van der Waals surface area contributed by atoms with Crippen LogP contribution in [0.3, 0.4) is 0 Å². The molecule has 0 aromatic carbocycles. The molecule has 2 aromatic rings. The molecule has 0 saturated carbocycles. The number of carbonyl (C=O) groups is 1. The molecule has 20 heavy (non-hydrogen) atoms. The molecule has 0 radical (unpaired) electrons. The summed E-state index contributed by atoms with van der Waals surface area (Å²) < 4.78 is 0. The minimum atomic E-state index is 0.504. The first kappa shape index (κ1) is 15.8. The standard InChI is InChI=1S/C8H10N2O.C7H10N2/c1-7-2-3-8(10-4-7)5-9-6-11;1-6-2-3-7(4-8)9-5-6/h2-4,6H,5H2,1H3,(H,9,11);2-3,5H,4,8H2,1H3. The molecule has 2 rings (SSSR count). The Bertz CT molecular complexity index is 508. The zero-order valence-corrected chi connectivity index (χ0v) is 11.8. The van der Waals surface area contributed by atoms with Crippen LogP contribution < -0.4 is 11.1 Å². The van der Waals surface area contributed by atoms with E-state index < -0.39 is 0 Å². The Morgan fingerprint density at radius 3 is 2.00 bits per heavy atom. The van der Waals surface area contributed by atoms with E-state index in [9.17, 15) is 4.79 Å². The molecule has 2 aromatic heterocycles. The second-order valence-corrected chi connectivity index (χ2v) is 4.36. The van der Waals surface area contributed by atoms with E-state index in [1.54, 1.807) is 6.20 Å². The van der Waals surface area contributed by atoms with Gasteiger partial charge in [0.05, 0.1) is 17.9 Å². The van der Waals surface area contributed by atoms with E-state index in [4.69, 9.17) is 5.73 Å². The Labute approximate surface area is 119 Å². The Morgan fingerprint density at radius 2 is 1.60 bits per heavy atom. The number of amides is 1. The lowest BCUT2D eigenvalue weighted by atomic mass is 10.3. The summed E-state index contributed by atoms with van der Waals surface area (Å²) in [5.41, 5.74) is 9.46. The fourth-order valence-electron chi connectivity index (χ4n) is 1.37. The first-order chi connectivity index (χ1) is 9.65. The summed E-state index contributed by atoms with van der Waals surface area (Å²) in [5, 5.41) is 2.54. The van der Waals surface area contributed by atoms with Crippen molar-refractivity contribution in [2.45, 2.75) is 26.9 Å². The zero-order valence-electron chi connectivity index (χ0n) is 11.8. The Balaban J connectivity index is 0.000000204. The zero-order chi connectivity index (χ0) is 14.8. The van der Waals surface area contributed by atoms with Crippen molar-refractivity contribution in [1.82, 2.24) is 15.3 Å². The summed E-state index contributed by atoms with van der Waals surface area (Å²) in [4.78, 5) is 18.1. The number of hydrogen-bond donors (Lipinski definition) is 2. The lowest BCUT2D eigenvalue weighted by Crippen LogP contribution is -2.10. The number of hydrogen-bond acceptors (Lipinski definition) is 4. The molecule has 3 N–H and O–H groups in total. The van der Waals surface area contributed by atoms with E-state index in [2.05, 4.69) is 15.3 Å². The van der Waals surface area contributed by atoms with Gasteiger partial charge in [-0.3, -0.25) is 14.8 Å². The predicted octanol–water partition coefficient (Wildman–Crippen LogP) is 1.48. The predicted molar refractivity (Wildman–Crippen MR) is 78.7 cm³/mol. The smallest absolute Gasteiger partial charge is 0.207 e. The molecule has 2 heterocycles. The fraction of sp³-hybridized carbons (Fsp3) is 0.267. The minimum Gasteiger partial charge on any atom is -0.353 e. The fourth-order valence-corrected chi connectivity index (χ4v) is 1.37. The number of aromatic nitrogens is 2. The van der Waals surface area contributed by atoms with E-state index in [1.165, 1.54) is 5.56 Å². The highest BCUT2D eigenvalue weighted by Crippen LogP contribution is 1.97. The van der Waals surface area contributed by atoms with Crippen molar-refractivity contribution in [3.63, 3.8) is 0 Å². The third kappa shape index (κ3) is 6.06. The van der Waals surface area contributed by atoms with Crippen molar-refractivity contribution >= 4 is 6.41 Å². The number of carbonyl (C=O) groups excluding carboxylic acids is 1. The monoisotopic (exact) mass is 272 g/mol. The average molecular weight is 272 g/mol. The van der Waals surface area contributed by atoms with Gasteiger partial charge in [0.1, 0.15) is 0 Å². The quantitative estimate of drug-likeness (QED) is 0.826. The number of rotatable bonds is 4. The van der Waals surface area contributed by atoms with Gasteiger partial charge in [-0.25, -0.2) is 0 Å². The molecule has 0 unspecified atom stereocenters. The first-order valence-electron chi connectivity index (χ1n) is 6.36. The topological polar surface area (TPSA) is 80.9 Å². The SMILES string of the molecule is Cc1ccc(CN)nc1.Cc1ccc(CNC=O)nc1. The maximum absolute atomic E-state index is 9.91.